The number of phenolic OH excluding ortho intramolecular Hbond substituents is 2. The average molecular weight is 494 g/mol. The number of halogens is 4. The van der Waals surface area contributed by atoms with Gasteiger partial charge in [-0.3, -0.25) is 4.55 Å². The molecule has 3 aromatic carbocycles. The first-order valence-corrected chi connectivity index (χ1v) is 10.8. The maximum atomic E-state index is 13.0. The van der Waals surface area contributed by atoms with E-state index in [4.69, 9.17) is 46.4 Å². The summed E-state index contributed by atoms with van der Waals surface area (Å²) in [5, 5.41) is 19.8. The molecule has 1 atom stereocenters. The van der Waals surface area contributed by atoms with E-state index in [2.05, 4.69) is 0 Å². The minimum atomic E-state index is -5.11. The molecule has 0 aliphatic heterocycles. The van der Waals surface area contributed by atoms with Crippen LogP contribution >= 0.6 is 46.4 Å². The second-order valence-electron chi connectivity index (χ2n) is 6.12. The molecule has 0 heterocycles. The van der Waals surface area contributed by atoms with Crippen LogP contribution in [0, 0.1) is 0 Å². The molecule has 10 heteroatoms. The van der Waals surface area contributed by atoms with Gasteiger partial charge in [-0.15, -0.1) is 0 Å². The van der Waals surface area contributed by atoms with Crippen molar-refractivity contribution in [2.75, 3.05) is 0 Å². The van der Waals surface area contributed by atoms with Gasteiger partial charge >= 0.3 is 0 Å². The highest BCUT2D eigenvalue weighted by atomic mass is 35.5. The number of aromatic hydroxyl groups is 2. The van der Waals surface area contributed by atoms with Crippen LogP contribution in [0.5, 0.6) is 11.5 Å². The van der Waals surface area contributed by atoms with E-state index >= 15 is 0 Å². The van der Waals surface area contributed by atoms with Crippen LogP contribution in [0.1, 0.15) is 16.7 Å². The summed E-state index contributed by atoms with van der Waals surface area (Å²) < 4.78 is 34.0. The Bertz CT molecular complexity index is 1210. The molecular weight excluding hydrogens is 482 g/mol. The van der Waals surface area contributed by atoms with Gasteiger partial charge in [-0.1, -0.05) is 58.5 Å². The van der Waals surface area contributed by atoms with Gasteiger partial charge in [-0.2, -0.15) is 8.42 Å². The van der Waals surface area contributed by atoms with Gasteiger partial charge in [0.25, 0.3) is 10.1 Å². The molecule has 0 bridgehead atoms. The molecule has 5 nitrogen and oxygen atoms in total. The summed E-state index contributed by atoms with van der Waals surface area (Å²) in [5.74, 6) is -0.831. The van der Waals surface area contributed by atoms with Gasteiger partial charge in [0.05, 0.1) is 5.02 Å². The van der Waals surface area contributed by atoms with E-state index in [1.165, 1.54) is 42.5 Å². The van der Waals surface area contributed by atoms with Crippen molar-refractivity contribution in [1.29, 1.82) is 0 Å². The van der Waals surface area contributed by atoms with Crippen molar-refractivity contribution in [2.45, 2.75) is 4.75 Å². The van der Waals surface area contributed by atoms with Crippen molar-refractivity contribution in [3.05, 3.63) is 91.4 Å². The Labute approximate surface area is 186 Å². The molecule has 29 heavy (non-hydrogen) atoms. The molecule has 152 valence electrons. The summed E-state index contributed by atoms with van der Waals surface area (Å²) in [6, 6.07) is 11.5. The van der Waals surface area contributed by atoms with E-state index in [-0.39, 0.29) is 42.5 Å². The summed E-state index contributed by atoms with van der Waals surface area (Å²) in [5.41, 5.74) is -0.530. The Kier molecular flexibility index (Phi) is 5.98. The SMILES string of the molecule is O=S(=O)(O)C(c1cccc(Cl)c1)(c1cc(O)ccc1Cl)c1cc(Cl)cc(O)c1Cl. The summed E-state index contributed by atoms with van der Waals surface area (Å²) in [6.07, 6.45) is 0. The number of benzene rings is 3. The summed E-state index contributed by atoms with van der Waals surface area (Å²) >= 11 is 24.7. The third-order valence-corrected chi connectivity index (χ3v) is 6.97. The normalized spacial score (nSPS) is 13.8. The molecule has 0 spiro atoms. The highest BCUT2D eigenvalue weighted by Crippen LogP contribution is 2.51. The zero-order valence-electron chi connectivity index (χ0n) is 14.3. The topological polar surface area (TPSA) is 94.8 Å². The monoisotopic (exact) mass is 492 g/mol. The number of hydrogen-bond acceptors (Lipinski definition) is 4. The first-order chi connectivity index (χ1) is 13.5. The average Bonchev–Trinajstić information content (AvgIpc) is 2.61. The van der Waals surface area contributed by atoms with Crippen LogP contribution in [0.25, 0.3) is 0 Å². The fourth-order valence-electron chi connectivity index (χ4n) is 3.20. The number of phenols is 2. The van der Waals surface area contributed by atoms with Crippen molar-refractivity contribution >= 4 is 56.5 Å². The predicted octanol–water partition coefficient (Wildman–Crippen LogP) is 5.89. The first kappa shape index (κ1) is 22.0. The second kappa shape index (κ2) is 7.87. The molecule has 3 rings (SSSR count). The molecule has 0 fully saturated rings. The van der Waals surface area contributed by atoms with E-state index in [0.29, 0.717) is 0 Å². The Balaban J connectivity index is 2.65. The zero-order chi connectivity index (χ0) is 21.6. The fourth-order valence-corrected chi connectivity index (χ4v) is 5.54. The van der Waals surface area contributed by atoms with Crippen molar-refractivity contribution in [1.82, 2.24) is 0 Å². The molecule has 0 saturated heterocycles. The molecule has 1 unspecified atom stereocenters. The lowest BCUT2D eigenvalue weighted by Gasteiger charge is -2.34. The van der Waals surface area contributed by atoms with E-state index in [1.54, 1.807) is 0 Å². The van der Waals surface area contributed by atoms with Gasteiger partial charge < -0.3 is 10.2 Å². The van der Waals surface area contributed by atoms with Crippen molar-refractivity contribution in [3.63, 3.8) is 0 Å². The van der Waals surface area contributed by atoms with Crippen LogP contribution in [-0.4, -0.2) is 23.2 Å². The molecule has 3 N–H and O–H groups in total. The third-order valence-electron chi connectivity index (χ3n) is 4.34. The highest BCUT2D eigenvalue weighted by Gasteiger charge is 2.51. The minimum Gasteiger partial charge on any atom is -0.508 e. The standard InChI is InChI=1S/C19H12Cl4O5S/c20-11-3-1-2-10(6-11)19(29(26,27)28,14-9-13(24)4-5-16(14)22)15-7-12(21)8-17(25)18(15)23/h1-9,24-25H,(H,26,27,28). The lowest BCUT2D eigenvalue weighted by molar-refractivity contribution is 0.455. The van der Waals surface area contributed by atoms with Gasteiger partial charge in [-0.25, -0.2) is 0 Å². The van der Waals surface area contributed by atoms with Gasteiger partial charge in [0.2, 0.25) is 0 Å². The molecule has 0 saturated carbocycles. The second-order valence-corrected chi connectivity index (χ2v) is 9.34. The number of rotatable bonds is 4. The lowest BCUT2D eigenvalue weighted by Crippen LogP contribution is -2.39. The fraction of sp³-hybridized carbons (Fsp3) is 0.0526. The molecule has 0 aromatic heterocycles. The predicted molar refractivity (Wildman–Crippen MR) is 114 cm³/mol. The molecular formula is C19H12Cl4O5S. The molecule has 0 radical (unpaired) electrons. The molecule has 3 aromatic rings. The van der Waals surface area contributed by atoms with Gasteiger partial charge in [0.15, 0.2) is 4.75 Å². The third kappa shape index (κ3) is 3.77. The lowest BCUT2D eigenvalue weighted by atomic mass is 9.83. The largest absolute Gasteiger partial charge is 0.508 e. The summed E-state index contributed by atoms with van der Waals surface area (Å²) in [4.78, 5) is 0. The van der Waals surface area contributed by atoms with E-state index < -0.39 is 20.6 Å². The van der Waals surface area contributed by atoms with E-state index in [1.807, 2.05) is 0 Å². The van der Waals surface area contributed by atoms with Crippen LogP contribution in [-0.2, 0) is 14.9 Å². The van der Waals surface area contributed by atoms with Crippen LogP contribution in [0.3, 0.4) is 0 Å². The Morgan fingerprint density at radius 3 is 2.10 bits per heavy atom. The minimum absolute atomic E-state index is 0.0384. The van der Waals surface area contributed by atoms with Crippen molar-refractivity contribution in [3.8, 4) is 11.5 Å². The van der Waals surface area contributed by atoms with Crippen LogP contribution in [0.2, 0.25) is 20.1 Å². The maximum Gasteiger partial charge on any atom is 0.283 e. The zero-order valence-corrected chi connectivity index (χ0v) is 18.1. The number of hydrogen-bond donors (Lipinski definition) is 3. The molecule has 0 aliphatic rings. The van der Waals surface area contributed by atoms with Gasteiger partial charge in [0, 0.05) is 32.3 Å². The molecule has 0 aliphatic carbocycles. The summed E-state index contributed by atoms with van der Waals surface area (Å²) in [7, 11) is -5.11. The summed E-state index contributed by atoms with van der Waals surface area (Å²) in [6.45, 7) is 0. The van der Waals surface area contributed by atoms with Gasteiger partial charge in [0.1, 0.15) is 11.5 Å². The van der Waals surface area contributed by atoms with E-state index in [9.17, 15) is 23.2 Å². The first-order valence-electron chi connectivity index (χ1n) is 7.89. The quantitative estimate of drug-likeness (QED) is 0.311. The maximum absolute atomic E-state index is 13.0. The van der Waals surface area contributed by atoms with Crippen LogP contribution in [0.4, 0.5) is 0 Å². The van der Waals surface area contributed by atoms with Crippen molar-refractivity contribution in [2.24, 2.45) is 0 Å². The Morgan fingerprint density at radius 2 is 1.48 bits per heavy atom. The molecule has 0 amide bonds. The van der Waals surface area contributed by atoms with Crippen LogP contribution < -0.4 is 0 Å². The Hall–Kier alpha value is -1.67. The van der Waals surface area contributed by atoms with Crippen LogP contribution in [0.15, 0.2) is 54.6 Å². The van der Waals surface area contributed by atoms with Crippen molar-refractivity contribution < 1.29 is 23.2 Å². The van der Waals surface area contributed by atoms with Gasteiger partial charge in [-0.05, 0) is 42.0 Å². The van der Waals surface area contributed by atoms with E-state index in [0.717, 1.165) is 12.1 Å². The highest BCUT2D eigenvalue weighted by molar-refractivity contribution is 7.87. The smallest absolute Gasteiger partial charge is 0.283 e. The Morgan fingerprint density at radius 1 is 0.793 bits per heavy atom.